The molecule has 154 valence electrons. The van der Waals surface area contributed by atoms with Crippen molar-refractivity contribution in [1.29, 1.82) is 0 Å². The predicted molar refractivity (Wildman–Crippen MR) is 103 cm³/mol. The number of hydrogen-bond donors (Lipinski definition) is 0. The number of pyridine rings is 1. The zero-order valence-electron chi connectivity index (χ0n) is 14.7. The summed E-state index contributed by atoms with van der Waals surface area (Å²) in [6.45, 7) is -0.165. The molecule has 0 spiro atoms. The second-order valence-electron chi connectivity index (χ2n) is 5.71. The maximum absolute atomic E-state index is 13.2. The van der Waals surface area contributed by atoms with Crippen molar-refractivity contribution < 1.29 is 26.3 Å². The molecule has 0 amide bonds. The summed E-state index contributed by atoms with van der Waals surface area (Å²) >= 11 is 6.70. The summed E-state index contributed by atoms with van der Waals surface area (Å²) in [5, 5.41) is 0.00401. The Hall–Kier alpha value is -2.37. The lowest BCUT2D eigenvalue weighted by molar-refractivity contribution is -0.137. The molecule has 0 saturated heterocycles. The van der Waals surface area contributed by atoms with Crippen molar-refractivity contribution in [2.75, 3.05) is 11.4 Å². The highest BCUT2D eigenvalue weighted by Crippen LogP contribution is 2.36. The predicted octanol–water partition coefficient (Wildman–Crippen LogP) is 4.61. The molecule has 0 radical (unpaired) electrons. The van der Waals surface area contributed by atoms with Crippen LogP contribution >= 0.6 is 22.9 Å². The van der Waals surface area contributed by atoms with Gasteiger partial charge in [0.1, 0.15) is 5.75 Å². The molecule has 0 atom stereocenters. The first kappa shape index (κ1) is 21.3. The molecule has 0 aliphatic heterocycles. The first-order valence-corrected chi connectivity index (χ1v) is 10.7. The van der Waals surface area contributed by atoms with Crippen molar-refractivity contribution in [2.24, 2.45) is 0 Å². The molecular weight excluding hydrogens is 451 g/mol. The molecule has 3 aromatic rings. The summed E-state index contributed by atoms with van der Waals surface area (Å²) in [5.74, 6) is 0.641. The van der Waals surface area contributed by atoms with E-state index in [1.165, 1.54) is 18.0 Å². The lowest BCUT2D eigenvalue weighted by Crippen LogP contribution is -2.31. The monoisotopic (exact) mass is 463 g/mol. The minimum atomic E-state index is -4.83. The third-order valence-corrected chi connectivity index (χ3v) is 6.37. The Balaban J connectivity index is 2.05. The van der Waals surface area contributed by atoms with Crippen LogP contribution in [0.3, 0.4) is 0 Å². The van der Waals surface area contributed by atoms with Crippen LogP contribution in [0.2, 0.25) is 5.02 Å². The summed E-state index contributed by atoms with van der Waals surface area (Å²) in [4.78, 5) is 7.61. The summed E-state index contributed by atoms with van der Waals surface area (Å²) in [6.07, 6.45) is -4.16. The van der Waals surface area contributed by atoms with E-state index in [1.54, 1.807) is 24.3 Å². The number of ether oxygens (including phenoxy) is 1. The third-order valence-electron chi connectivity index (χ3n) is 3.85. The van der Waals surface area contributed by atoms with Gasteiger partial charge >= 0.3 is 6.18 Å². The van der Waals surface area contributed by atoms with E-state index in [0.29, 0.717) is 23.6 Å². The van der Waals surface area contributed by atoms with E-state index in [0.717, 1.165) is 15.6 Å². The Bertz CT molecular complexity index is 1090. The van der Waals surface area contributed by atoms with E-state index in [4.69, 9.17) is 16.3 Å². The van der Waals surface area contributed by atoms with Crippen LogP contribution in [0.25, 0.3) is 0 Å². The average molecular weight is 464 g/mol. The number of nitrogens with zero attached hydrogens (tertiary/aromatic N) is 3. The number of benzene rings is 1. The molecule has 2 heterocycles. The Kier molecular flexibility index (Phi) is 6.01. The van der Waals surface area contributed by atoms with E-state index >= 15 is 0 Å². The van der Waals surface area contributed by atoms with Gasteiger partial charge in [-0.15, -0.1) is 11.3 Å². The van der Waals surface area contributed by atoms with Gasteiger partial charge < -0.3 is 4.74 Å². The van der Waals surface area contributed by atoms with Crippen LogP contribution in [0.4, 0.5) is 19.0 Å². The summed E-state index contributed by atoms with van der Waals surface area (Å²) in [6, 6.07) is 6.99. The van der Waals surface area contributed by atoms with Gasteiger partial charge in [0.15, 0.2) is 10.8 Å². The molecule has 0 fully saturated rings. The maximum atomic E-state index is 13.2. The van der Waals surface area contributed by atoms with Gasteiger partial charge in [0.2, 0.25) is 0 Å². The zero-order chi connectivity index (χ0) is 21.2. The van der Waals surface area contributed by atoms with Gasteiger partial charge in [-0.1, -0.05) is 23.7 Å². The normalized spacial score (nSPS) is 12.0. The molecule has 0 saturated carbocycles. The molecule has 0 N–H and O–H groups in total. The largest absolute Gasteiger partial charge is 0.497 e. The van der Waals surface area contributed by atoms with Gasteiger partial charge in [0.05, 0.1) is 29.8 Å². The van der Waals surface area contributed by atoms with Crippen LogP contribution in [0.1, 0.15) is 11.1 Å². The fourth-order valence-corrected chi connectivity index (χ4v) is 4.57. The van der Waals surface area contributed by atoms with Crippen molar-refractivity contribution in [3.63, 3.8) is 0 Å². The lowest BCUT2D eigenvalue weighted by Gasteiger charge is -2.22. The first-order valence-electron chi connectivity index (χ1n) is 7.89. The Morgan fingerprint density at radius 1 is 1.21 bits per heavy atom. The average Bonchev–Trinajstić information content (AvgIpc) is 3.20. The first-order chi connectivity index (χ1) is 13.6. The Morgan fingerprint density at radius 2 is 1.90 bits per heavy atom. The van der Waals surface area contributed by atoms with Gasteiger partial charge in [-0.25, -0.2) is 14.3 Å². The second kappa shape index (κ2) is 8.17. The Morgan fingerprint density at radius 3 is 2.45 bits per heavy atom. The second-order valence-corrected chi connectivity index (χ2v) is 8.64. The van der Waals surface area contributed by atoms with Crippen LogP contribution in [-0.4, -0.2) is 25.5 Å². The Labute approximate surface area is 173 Å². The van der Waals surface area contributed by atoms with E-state index < -0.39 is 31.8 Å². The minimum Gasteiger partial charge on any atom is -0.497 e. The summed E-state index contributed by atoms with van der Waals surface area (Å²) in [5.41, 5.74) is 0.713. The van der Waals surface area contributed by atoms with Crippen LogP contribution < -0.4 is 9.04 Å². The van der Waals surface area contributed by atoms with Crippen molar-refractivity contribution in [3.8, 4) is 5.75 Å². The standard InChI is InChI=1S/C17H13ClF3N3O3S2/c1-27-12-4-2-11(3-5-12)8-24(15-9-28-10-23-15)29(25,26)16-6-13(17(19,20)21)14(18)7-22-16/h2-7,9-10H,8H2,1H3. The summed E-state index contributed by atoms with van der Waals surface area (Å²) in [7, 11) is -2.97. The molecular formula is C17H13ClF3N3O3S2. The van der Waals surface area contributed by atoms with Crippen LogP contribution in [0.15, 0.2) is 52.4 Å². The number of rotatable bonds is 6. The van der Waals surface area contributed by atoms with Gasteiger partial charge in [-0.3, -0.25) is 0 Å². The molecule has 0 unspecified atom stereocenters. The van der Waals surface area contributed by atoms with Crippen molar-refractivity contribution in [3.05, 3.63) is 63.6 Å². The number of thiazole rings is 1. The SMILES string of the molecule is COc1ccc(CN(c2cscn2)S(=O)(=O)c2cc(C(F)(F)F)c(Cl)cn2)cc1. The van der Waals surface area contributed by atoms with Crippen molar-refractivity contribution in [2.45, 2.75) is 17.7 Å². The zero-order valence-corrected chi connectivity index (χ0v) is 17.1. The number of methoxy groups -OCH3 is 1. The van der Waals surface area contributed by atoms with E-state index in [-0.39, 0.29) is 12.4 Å². The van der Waals surface area contributed by atoms with E-state index in [1.807, 2.05) is 0 Å². The number of alkyl halides is 3. The van der Waals surface area contributed by atoms with E-state index in [2.05, 4.69) is 9.97 Å². The highest BCUT2D eigenvalue weighted by Gasteiger charge is 2.36. The maximum Gasteiger partial charge on any atom is 0.418 e. The number of halogens is 4. The third kappa shape index (κ3) is 4.62. The van der Waals surface area contributed by atoms with Gasteiger partial charge in [0, 0.05) is 11.6 Å². The van der Waals surface area contributed by atoms with Crippen LogP contribution in [-0.2, 0) is 22.7 Å². The minimum absolute atomic E-state index is 0.0659. The van der Waals surface area contributed by atoms with Crippen molar-refractivity contribution >= 4 is 38.8 Å². The van der Waals surface area contributed by atoms with Crippen molar-refractivity contribution in [1.82, 2.24) is 9.97 Å². The van der Waals surface area contributed by atoms with Gasteiger partial charge in [0.25, 0.3) is 10.0 Å². The molecule has 0 aliphatic rings. The lowest BCUT2D eigenvalue weighted by atomic mass is 10.2. The number of sulfonamides is 1. The number of aromatic nitrogens is 2. The van der Waals surface area contributed by atoms with Gasteiger partial charge in [-0.05, 0) is 23.8 Å². The highest BCUT2D eigenvalue weighted by molar-refractivity contribution is 7.92. The fourth-order valence-electron chi connectivity index (χ4n) is 2.41. The number of anilines is 1. The van der Waals surface area contributed by atoms with E-state index in [9.17, 15) is 21.6 Å². The summed E-state index contributed by atoms with van der Waals surface area (Å²) < 4.78 is 71.7. The molecule has 12 heteroatoms. The molecule has 29 heavy (non-hydrogen) atoms. The highest BCUT2D eigenvalue weighted by atomic mass is 35.5. The molecule has 6 nitrogen and oxygen atoms in total. The smallest absolute Gasteiger partial charge is 0.418 e. The molecule has 1 aromatic carbocycles. The van der Waals surface area contributed by atoms with Crippen LogP contribution in [0, 0.1) is 0 Å². The molecule has 0 bridgehead atoms. The topological polar surface area (TPSA) is 72.4 Å². The van der Waals surface area contributed by atoms with Gasteiger partial charge in [-0.2, -0.15) is 21.6 Å². The molecule has 2 aromatic heterocycles. The molecule has 0 aliphatic carbocycles. The van der Waals surface area contributed by atoms with Crippen LogP contribution in [0.5, 0.6) is 5.75 Å². The number of hydrogen-bond acceptors (Lipinski definition) is 6. The fraction of sp³-hybridized carbons (Fsp3) is 0.176. The molecule has 3 rings (SSSR count). The quantitative estimate of drug-likeness (QED) is 0.533.